The molecule has 1 aliphatic heterocycles. The summed E-state index contributed by atoms with van der Waals surface area (Å²) in [5.41, 5.74) is 0.503. The molecule has 7 heteroatoms. The van der Waals surface area contributed by atoms with E-state index in [1.807, 2.05) is 24.6 Å². The van der Waals surface area contributed by atoms with Crippen molar-refractivity contribution in [1.29, 1.82) is 0 Å². The van der Waals surface area contributed by atoms with E-state index in [0.717, 1.165) is 4.47 Å². The van der Waals surface area contributed by atoms with Crippen LogP contribution in [0.2, 0.25) is 0 Å². The van der Waals surface area contributed by atoms with Crippen LogP contribution in [-0.4, -0.2) is 40.8 Å². The number of nitrogens with zero attached hydrogens (tertiary/aromatic N) is 1. The van der Waals surface area contributed by atoms with Gasteiger partial charge in [-0.1, -0.05) is 0 Å². The Morgan fingerprint density at radius 3 is 2.80 bits per heavy atom. The fourth-order valence-electron chi connectivity index (χ4n) is 2.24. The van der Waals surface area contributed by atoms with Crippen LogP contribution in [0.4, 0.5) is 0 Å². The molecular formula is C13H17BrN2O4. The summed E-state index contributed by atoms with van der Waals surface area (Å²) in [4.78, 5) is 23.4. The number of carboxylic acids is 1. The zero-order valence-corrected chi connectivity index (χ0v) is 12.9. The van der Waals surface area contributed by atoms with Gasteiger partial charge in [0.15, 0.2) is 0 Å². The lowest BCUT2D eigenvalue weighted by Crippen LogP contribution is -2.43. The molecule has 1 fully saturated rings. The zero-order valence-electron chi connectivity index (χ0n) is 11.3. The Morgan fingerprint density at radius 1 is 1.50 bits per heavy atom. The largest absolute Gasteiger partial charge is 0.481 e. The number of halogens is 1. The number of nitrogens with one attached hydrogen (secondary N) is 1. The molecule has 1 aliphatic rings. The fraction of sp³-hybridized carbons (Fsp3) is 0.538. The Bertz CT molecular complexity index is 526. The van der Waals surface area contributed by atoms with Crippen molar-refractivity contribution >= 4 is 27.8 Å². The number of carbonyl (C=O) groups excluding carboxylic acids is 1. The third kappa shape index (κ3) is 3.04. The van der Waals surface area contributed by atoms with Gasteiger partial charge in [0.2, 0.25) is 0 Å². The molecule has 0 spiro atoms. The quantitative estimate of drug-likeness (QED) is 0.870. The maximum absolute atomic E-state index is 12.3. The van der Waals surface area contributed by atoms with E-state index in [1.165, 1.54) is 0 Å². The van der Waals surface area contributed by atoms with E-state index in [9.17, 15) is 9.59 Å². The van der Waals surface area contributed by atoms with E-state index in [4.69, 9.17) is 9.84 Å². The molecule has 1 saturated heterocycles. The first-order valence-corrected chi connectivity index (χ1v) is 7.18. The minimum absolute atomic E-state index is 0.134. The number of ether oxygens (including phenoxy) is 1. The Hall–Kier alpha value is -1.34. The minimum atomic E-state index is -0.951. The second-order valence-electron chi connectivity index (χ2n) is 5.11. The first-order valence-electron chi connectivity index (χ1n) is 6.39. The predicted molar refractivity (Wildman–Crippen MR) is 75.7 cm³/mol. The second kappa shape index (κ2) is 5.97. The number of hydrogen-bond donors (Lipinski definition) is 2. The molecule has 2 heterocycles. The zero-order chi connectivity index (χ0) is 14.9. The van der Waals surface area contributed by atoms with Crippen molar-refractivity contribution in [2.24, 2.45) is 5.92 Å². The van der Waals surface area contributed by atoms with Gasteiger partial charge >= 0.3 is 5.97 Å². The van der Waals surface area contributed by atoms with Crippen molar-refractivity contribution in [2.75, 3.05) is 13.2 Å². The van der Waals surface area contributed by atoms with Crippen LogP contribution in [0.3, 0.4) is 0 Å². The summed E-state index contributed by atoms with van der Waals surface area (Å²) in [7, 11) is 0. The van der Waals surface area contributed by atoms with Crippen molar-refractivity contribution in [3.05, 3.63) is 22.4 Å². The van der Waals surface area contributed by atoms with Crippen molar-refractivity contribution in [2.45, 2.75) is 25.9 Å². The van der Waals surface area contributed by atoms with E-state index in [-0.39, 0.29) is 25.2 Å². The smallest absolute Gasteiger partial charge is 0.311 e. The summed E-state index contributed by atoms with van der Waals surface area (Å²) >= 11 is 3.35. The maximum Gasteiger partial charge on any atom is 0.311 e. The molecule has 0 radical (unpaired) electrons. The van der Waals surface area contributed by atoms with Gasteiger partial charge in [-0.3, -0.25) is 9.59 Å². The first kappa shape index (κ1) is 15.1. The van der Waals surface area contributed by atoms with Gasteiger partial charge in [0.05, 0.1) is 19.3 Å². The molecule has 6 nitrogen and oxygen atoms in total. The van der Waals surface area contributed by atoms with Crippen LogP contribution in [0.5, 0.6) is 0 Å². The molecule has 2 unspecified atom stereocenters. The molecule has 0 aliphatic carbocycles. The summed E-state index contributed by atoms with van der Waals surface area (Å²) in [6.45, 7) is 4.31. The van der Waals surface area contributed by atoms with Crippen LogP contribution >= 0.6 is 15.9 Å². The SMILES string of the molecule is CC(C)n1cc(Br)cc1C(=O)NC1COCC1C(=O)O. The molecule has 0 saturated carbocycles. The van der Waals surface area contributed by atoms with Crippen molar-refractivity contribution in [3.8, 4) is 0 Å². The lowest BCUT2D eigenvalue weighted by Gasteiger charge is -2.17. The molecule has 2 rings (SSSR count). The number of carbonyl (C=O) groups is 2. The number of aliphatic carboxylic acids is 1. The van der Waals surface area contributed by atoms with E-state index in [0.29, 0.717) is 5.69 Å². The van der Waals surface area contributed by atoms with E-state index < -0.39 is 17.9 Å². The average molecular weight is 345 g/mol. The van der Waals surface area contributed by atoms with E-state index in [2.05, 4.69) is 21.2 Å². The number of hydrogen-bond acceptors (Lipinski definition) is 3. The summed E-state index contributed by atoms with van der Waals surface area (Å²) in [5, 5.41) is 11.8. The highest BCUT2D eigenvalue weighted by molar-refractivity contribution is 9.10. The van der Waals surface area contributed by atoms with Gasteiger partial charge in [0, 0.05) is 16.7 Å². The molecule has 1 aromatic rings. The molecule has 20 heavy (non-hydrogen) atoms. The molecule has 1 amide bonds. The molecule has 0 aromatic carbocycles. The minimum Gasteiger partial charge on any atom is -0.481 e. The third-order valence-corrected chi connectivity index (χ3v) is 3.75. The molecule has 2 atom stereocenters. The Labute approximate surface area is 125 Å². The van der Waals surface area contributed by atoms with E-state index >= 15 is 0 Å². The van der Waals surface area contributed by atoms with Crippen LogP contribution in [0, 0.1) is 5.92 Å². The monoisotopic (exact) mass is 344 g/mol. The summed E-state index contributed by atoms with van der Waals surface area (Å²) in [5.74, 6) is -1.93. The number of aromatic nitrogens is 1. The van der Waals surface area contributed by atoms with Crippen LogP contribution in [0.1, 0.15) is 30.4 Å². The van der Waals surface area contributed by atoms with Crippen molar-refractivity contribution in [1.82, 2.24) is 9.88 Å². The molecular weight excluding hydrogens is 328 g/mol. The van der Waals surface area contributed by atoms with Gasteiger partial charge in [-0.05, 0) is 35.8 Å². The lowest BCUT2D eigenvalue weighted by atomic mass is 10.0. The van der Waals surface area contributed by atoms with Crippen LogP contribution in [0.15, 0.2) is 16.7 Å². The highest BCUT2D eigenvalue weighted by Gasteiger charge is 2.35. The number of carboxylic acid groups (broad SMARTS) is 1. The van der Waals surface area contributed by atoms with Gasteiger partial charge in [-0.15, -0.1) is 0 Å². The Kier molecular flexibility index (Phi) is 4.49. The standard InChI is InChI=1S/C13H17BrN2O4/c1-7(2)16-4-8(14)3-11(16)12(17)15-10-6-20-5-9(10)13(18)19/h3-4,7,9-10H,5-6H2,1-2H3,(H,15,17)(H,18,19). The molecule has 110 valence electrons. The topological polar surface area (TPSA) is 80.6 Å². The lowest BCUT2D eigenvalue weighted by molar-refractivity contribution is -0.142. The van der Waals surface area contributed by atoms with Gasteiger partial charge < -0.3 is 19.7 Å². The van der Waals surface area contributed by atoms with Crippen molar-refractivity contribution in [3.63, 3.8) is 0 Å². The maximum atomic E-state index is 12.3. The Balaban J connectivity index is 2.14. The van der Waals surface area contributed by atoms with Gasteiger partial charge in [-0.2, -0.15) is 0 Å². The second-order valence-corrected chi connectivity index (χ2v) is 6.02. The first-order chi connectivity index (χ1) is 9.40. The summed E-state index contributed by atoms with van der Waals surface area (Å²) < 4.78 is 7.79. The molecule has 0 bridgehead atoms. The number of amides is 1. The van der Waals surface area contributed by atoms with Crippen LogP contribution in [0.25, 0.3) is 0 Å². The van der Waals surface area contributed by atoms with Crippen LogP contribution in [-0.2, 0) is 9.53 Å². The highest BCUT2D eigenvalue weighted by Crippen LogP contribution is 2.20. The molecule has 2 N–H and O–H groups in total. The summed E-state index contributed by atoms with van der Waals surface area (Å²) in [6.07, 6.45) is 1.83. The average Bonchev–Trinajstić information content (AvgIpc) is 2.95. The highest BCUT2D eigenvalue weighted by atomic mass is 79.9. The Morgan fingerprint density at radius 2 is 2.20 bits per heavy atom. The van der Waals surface area contributed by atoms with Crippen LogP contribution < -0.4 is 5.32 Å². The fourth-order valence-corrected chi connectivity index (χ4v) is 2.67. The number of rotatable bonds is 4. The van der Waals surface area contributed by atoms with Gasteiger partial charge in [-0.25, -0.2) is 0 Å². The third-order valence-electron chi connectivity index (χ3n) is 3.32. The van der Waals surface area contributed by atoms with Gasteiger partial charge in [0.1, 0.15) is 11.6 Å². The normalized spacial score (nSPS) is 22.2. The van der Waals surface area contributed by atoms with E-state index in [1.54, 1.807) is 6.07 Å². The predicted octanol–water partition coefficient (Wildman–Crippen LogP) is 1.66. The van der Waals surface area contributed by atoms with Gasteiger partial charge in [0.25, 0.3) is 5.91 Å². The molecule has 1 aromatic heterocycles. The summed E-state index contributed by atoms with van der Waals surface area (Å²) in [6, 6.07) is 1.37. The van der Waals surface area contributed by atoms with Crippen molar-refractivity contribution < 1.29 is 19.4 Å².